The van der Waals surface area contributed by atoms with Gasteiger partial charge < -0.3 is 20.3 Å². The van der Waals surface area contributed by atoms with Crippen LogP contribution in [0.4, 0.5) is 0 Å². The van der Waals surface area contributed by atoms with Crippen molar-refractivity contribution in [2.24, 2.45) is 0 Å². The molecular weight excluding hydrogens is 290 g/mol. The molecule has 0 aromatic heterocycles. The number of ether oxygens (including phenoxy) is 1. The van der Waals surface area contributed by atoms with Crippen LogP contribution in [0.3, 0.4) is 0 Å². The van der Waals surface area contributed by atoms with E-state index >= 15 is 0 Å². The van der Waals surface area contributed by atoms with Gasteiger partial charge in [0.1, 0.15) is 5.75 Å². The van der Waals surface area contributed by atoms with E-state index in [2.05, 4.69) is 5.32 Å². The highest BCUT2D eigenvalue weighted by atomic mass is 16.5. The number of methoxy groups -OCH3 is 1. The van der Waals surface area contributed by atoms with Gasteiger partial charge in [0.2, 0.25) is 0 Å². The third-order valence-electron chi connectivity index (χ3n) is 3.98. The fourth-order valence-electron chi connectivity index (χ4n) is 2.51. The van der Waals surface area contributed by atoms with Crippen LogP contribution in [0.1, 0.15) is 36.7 Å². The second-order valence-corrected chi connectivity index (χ2v) is 5.68. The molecule has 4 nitrogen and oxygen atoms in total. The summed E-state index contributed by atoms with van der Waals surface area (Å²) >= 11 is 0. The van der Waals surface area contributed by atoms with Crippen LogP contribution in [-0.2, 0) is 0 Å². The van der Waals surface area contributed by atoms with Crippen LogP contribution < -0.4 is 10.1 Å². The smallest absolute Gasteiger partial charge is 0.119 e. The van der Waals surface area contributed by atoms with Crippen LogP contribution in [0.5, 0.6) is 5.75 Å². The van der Waals surface area contributed by atoms with E-state index in [-0.39, 0.29) is 6.04 Å². The molecule has 0 radical (unpaired) electrons. The van der Waals surface area contributed by atoms with E-state index in [0.29, 0.717) is 13.0 Å². The summed E-state index contributed by atoms with van der Waals surface area (Å²) in [6.07, 6.45) is -0.553. The lowest BCUT2D eigenvalue weighted by atomic mass is 10.0. The molecule has 3 unspecified atom stereocenters. The van der Waals surface area contributed by atoms with E-state index in [0.717, 1.165) is 16.9 Å². The van der Waals surface area contributed by atoms with Gasteiger partial charge in [-0.25, -0.2) is 0 Å². The number of aliphatic hydroxyl groups is 2. The summed E-state index contributed by atoms with van der Waals surface area (Å²) in [7, 11) is 1.61. The van der Waals surface area contributed by atoms with Crippen molar-refractivity contribution in [1.29, 1.82) is 0 Å². The Hall–Kier alpha value is -1.88. The molecule has 0 aliphatic heterocycles. The van der Waals surface area contributed by atoms with Crippen LogP contribution in [0.2, 0.25) is 0 Å². The lowest BCUT2D eigenvalue weighted by Crippen LogP contribution is -2.33. The normalized spacial score (nSPS) is 15.0. The molecule has 0 bridgehead atoms. The van der Waals surface area contributed by atoms with Crippen molar-refractivity contribution in [2.75, 3.05) is 13.7 Å². The number of hydrogen-bond donors (Lipinski definition) is 3. The van der Waals surface area contributed by atoms with Crippen LogP contribution in [0.15, 0.2) is 54.6 Å². The average Bonchev–Trinajstić information content (AvgIpc) is 2.61. The van der Waals surface area contributed by atoms with Gasteiger partial charge in [-0.05, 0) is 43.1 Å². The summed E-state index contributed by atoms with van der Waals surface area (Å²) in [6.45, 7) is 2.55. The fraction of sp³-hybridized carbons (Fsp3) is 0.368. The van der Waals surface area contributed by atoms with E-state index in [1.807, 2.05) is 61.5 Å². The van der Waals surface area contributed by atoms with Crippen molar-refractivity contribution < 1.29 is 14.9 Å². The van der Waals surface area contributed by atoms with Gasteiger partial charge in [0.25, 0.3) is 0 Å². The Morgan fingerprint density at radius 1 is 1.00 bits per heavy atom. The fourth-order valence-corrected chi connectivity index (χ4v) is 2.51. The third kappa shape index (κ3) is 5.06. The Morgan fingerprint density at radius 3 is 2.39 bits per heavy atom. The molecule has 2 aromatic carbocycles. The summed E-state index contributed by atoms with van der Waals surface area (Å²) in [5.74, 6) is 0.738. The topological polar surface area (TPSA) is 61.7 Å². The minimum atomic E-state index is -0.565. The van der Waals surface area contributed by atoms with E-state index in [1.54, 1.807) is 7.11 Å². The Kier molecular flexibility index (Phi) is 6.59. The standard InChI is InChI=1S/C19H25NO3/c1-14(19(22)15-7-4-3-5-8-15)20-12-11-18(21)16-9-6-10-17(13-16)23-2/h3-10,13-14,18-22H,11-12H2,1-2H3. The molecule has 0 fully saturated rings. The SMILES string of the molecule is COc1cccc(C(O)CCNC(C)C(O)c2ccccc2)c1. The predicted molar refractivity (Wildman–Crippen MR) is 91.4 cm³/mol. The minimum absolute atomic E-state index is 0.0880. The summed E-state index contributed by atoms with van der Waals surface area (Å²) in [6, 6.07) is 16.9. The Morgan fingerprint density at radius 2 is 1.70 bits per heavy atom. The van der Waals surface area contributed by atoms with Gasteiger partial charge in [-0.3, -0.25) is 0 Å². The van der Waals surface area contributed by atoms with Crippen molar-refractivity contribution in [2.45, 2.75) is 31.6 Å². The van der Waals surface area contributed by atoms with Gasteiger partial charge in [0, 0.05) is 6.04 Å². The first-order valence-electron chi connectivity index (χ1n) is 7.90. The zero-order valence-electron chi connectivity index (χ0n) is 13.6. The lowest BCUT2D eigenvalue weighted by Gasteiger charge is -2.21. The molecule has 0 heterocycles. The van der Waals surface area contributed by atoms with Crippen LogP contribution in [-0.4, -0.2) is 29.9 Å². The number of benzene rings is 2. The average molecular weight is 315 g/mol. The highest BCUT2D eigenvalue weighted by Crippen LogP contribution is 2.21. The van der Waals surface area contributed by atoms with Crippen molar-refractivity contribution in [3.63, 3.8) is 0 Å². The molecule has 0 saturated heterocycles. The Bertz CT molecular complexity index is 588. The Balaban J connectivity index is 1.81. The summed E-state index contributed by atoms with van der Waals surface area (Å²) in [5.41, 5.74) is 1.73. The summed E-state index contributed by atoms with van der Waals surface area (Å²) < 4.78 is 5.17. The zero-order valence-corrected chi connectivity index (χ0v) is 13.6. The molecule has 4 heteroatoms. The molecule has 23 heavy (non-hydrogen) atoms. The molecule has 0 spiro atoms. The molecule has 0 aliphatic rings. The lowest BCUT2D eigenvalue weighted by molar-refractivity contribution is 0.127. The van der Waals surface area contributed by atoms with Gasteiger partial charge >= 0.3 is 0 Å². The number of aliphatic hydroxyl groups excluding tert-OH is 2. The molecule has 2 rings (SSSR count). The highest BCUT2D eigenvalue weighted by molar-refractivity contribution is 5.29. The molecule has 0 aliphatic carbocycles. The van der Waals surface area contributed by atoms with Gasteiger partial charge in [0.05, 0.1) is 19.3 Å². The first kappa shape index (κ1) is 17.5. The number of hydrogen-bond acceptors (Lipinski definition) is 4. The molecule has 3 N–H and O–H groups in total. The first-order valence-corrected chi connectivity index (χ1v) is 7.90. The maximum atomic E-state index is 10.3. The quantitative estimate of drug-likeness (QED) is 0.701. The zero-order chi connectivity index (χ0) is 16.7. The molecule has 124 valence electrons. The van der Waals surface area contributed by atoms with E-state index in [9.17, 15) is 10.2 Å². The monoisotopic (exact) mass is 315 g/mol. The minimum Gasteiger partial charge on any atom is -0.497 e. The van der Waals surface area contributed by atoms with Gasteiger partial charge in [0.15, 0.2) is 0 Å². The molecule has 0 saturated carbocycles. The van der Waals surface area contributed by atoms with E-state index in [4.69, 9.17) is 4.74 Å². The van der Waals surface area contributed by atoms with E-state index in [1.165, 1.54) is 0 Å². The summed E-state index contributed by atoms with van der Waals surface area (Å²) in [4.78, 5) is 0. The van der Waals surface area contributed by atoms with Crippen molar-refractivity contribution >= 4 is 0 Å². The van der Waals surface area contributed by atoms with Crippen molar-refractivity contribution in [3.8, 4) is 5.75 Å². The largest absolute Gasteiger partial charge is 0.497 e. The number of rotatable bonds is 8. The van der Waals surface area contributed by atoms with Gasteiger partial charge in [-0.2, -0.15) is 0 Å². The summed E-state index contributed by atoms with van der Waals surface area (Å²) in [5, 5.41) is 23.8. The maximum absolute atomic E-state index is 10.3. The van der Waals surface area contributed by atoms with E-state index < -0.39 is 12.2 Å². The number of nitrogens with one attached hydrogen (secondary N) is 1. The Labute approximate surface area is 137 Å². The maximum Gasteiger partial charge on any atom is 0.119 e. The third-order valence-corrected chi connectivity index (χ3v) is 3.98. The molecule has 2 aromatic rings. The highest BCUT2D eigenvalue weighted by Gasteiger charge is 2.16. The predicted octanol–water partition coefficient (Wildman–Crippen LogP) is 2.83. The second-order valence-electron chi connectivity index (χ2n) is 5.68. The first-order chi connectivity index (χ1) is 11.1. The molecule has 0 amide bonds. The van der Waals surface area contributed by atoms with Gasteiger partial charge in [-0.15, -0.1) is 0 Å². The van der Waals surface area contributed by atoms with Crippen molar-refractivity contribution in [1.82, 2.24) is 5.32 Å². The molecule has 3 atom stereocenters. The van der Waals surface area contributed by atoms with Crippen molar-refractivity contribution in [3.05, 3.63) is 65.7 Å². The molecular formula is C19H25NO3. The van der Waals surface area contributed by atoms with Crippen LogP contribution in [0, 0.1) is 0 Å². The van der Waals surface area contributed by atoms with Crippen LogP contribution >= 0.6 is 0 Å². The second kappa shape index (κ2) is 8.67. The van der Waals surface area contributed by atoms with Gasteiger partial charge in [-0.1, -0.05) is 42.5 Å². The van der Waals surface area contributed by atoms with Crippen LogP contribution in [0.25, 0.3) is 0 Å².